The minimum Gasteiger partial charge on any atom is -0.335 e. The van der Waals surface area contributed by atoms with Gasteiger partial charge < -0.3 is 5.32 Å². The maximum Gasteiger partial charge on any atom is 0.115 e. The van der Waals surface area contributed by atoms with Gasteiger partial charge in [0, 0.05) is 17.8 Å². The molecule has 19 heavy (non-hydrogen) atoms. The summed E-state index contributed by atoms with van der Waals surface area (Å²) in [5.74, 6) is 1.43. The van der Waals surface area contributed by atoms with Crippen LogP contribution in [0.2, 0.25) is 0 Å². The zero-order valence-electron chi connectivity index (χ0n) is 11.1. The maximum absolute atomic E-state index is 4.76. The lowest BCUT2D eigenvalue weighted by Gasteiger charge is -2.23. The van der Waals surface area contributed by atoms with Gasteiger partial charge in [-0.3, -0.25) is 9.98 Å². The molecule has 2 unspecified atom stereocenters. The summed E-state index contributed by atoms with van der Waals surface area (Å²) in [6.07, 6.45) is 2.82. The first-order chi connectivity index (χ1) is 9.25. The van der Waals surface area contributed by atoms with Crippen molar-refractivity contribution in [1.29, 1.82) is 0 Å². The Bertz CT molecular complexity index is 543. The van der Waals surface area contributed by atoms with Crippen molar-refractivity contribution in [3.05, 3.63) is 32.9 Å². The number of nitrogens with zero attached hydrogens (tertiary/aromatic N) is 2. The Hall–Kier alpha value is -1.07. The van der Waals surface area contributed by atoms with Crippen LogP contribution >= 0.6 is 23.1 Å². The highest BCUT2D eigenvalue weighted by Gasteiger charge is 2.36. The monoisotopic (exact) mass is 291 g/mol. The molecule has 1 N–H and O–H groups in total. The van der Waals surface area contributed by atoms with E-state index >= 15 is 0 Å². The average molecular weight is 291 g/mol. The molecule has 0 aliphatic carbocycles. The van der Waals surface area contributed by atoms with Crippen molar-refractivity contribution in [3.8, 4) is 0 Å². The molecule has 1 aromatic heterocycles. The van der Waals surface area contributed by atoms with Crippen LogP contribution in [0.5, 0.6) is 0 Å². The lowest BCUT2D eigenvalue weighted by atomic mass is 9.98. The number of thioether (sulfide) groups is 1. The fourth-order valence-corrected chi connectivity index (χ4v) is 4.35. The van der Waals surface area contributed by atoms with Crippen LogP contribution in [0.1, 0.15) is 18.7 Å². The summed E-state index contributed by atoms with van der Waals surface area (Å²) in [6, 6.07) is 4.27. The number of hydrogen-bond acceptors (Lipinski definition) is 4. The third-order valence-corrected chi connectivity index (χ3v) is 5.80. The van der Waals surface area contributed by atoms with Gasteiger partial charge >= 0.3 is 0 Å². The number of thiophene rings is 1. The molecule has 0 radical (unpaired) electrons. The molecule has 0 bridgehead atoms. The van der Waals surface area contributed by atoms with E-state index in [9.17, 15) is 0 Å². The maximum atomic E-state index is 4.76. The molecule has 2 aliphatic heterocycles. The number of aliphatic imine (C=N–C) groups is 2. The van der Waals surface area contributed by atoms with E-state index < -0.39 is 0 Å². The molecule has 0 aromatic carbocycles. The molecule has 100 valence electrons. The van der Waals surface area contributed by atoms with Crippen molar-refractivity contribution in [2.45, 2.75) is 25.6 Å². The van der Waals surface area contributed by atoms with Crippen LogP contribution in [0.25, 0.3) is 0 Å². The molecule has 0 amide bonds. The van der Waals surface area contributed by atoms with Gasteiger partial charge in [0.25, 0.3) is 0 Å². The molecular weight excluding hydrogens is 274 g/mol. The average Bonchev–Trinajstić information content (AvgIpc) is 3.00. The van der Waals surface area contributed by atoms with Crippen LogP contribution in [0.3, 0.4) is 0 Å². The number of fused-ring (bicyclic) bond motifs is 1. The smallest absolute Gasteiger partial charge is 0.115 e. The summed E-state index contributed by atoms with van der Waals surface area (Å²) in [6.45, 7) is 5.22. The van der Waals surface area contributed by atoms with E-state index in [0.29, 0.717) is 11.3 Å². The quantitative estimate of drug-likeness (QED) is 0.927. The van der Waals surface area contributed by atoms with Gasteiger partial charge in [0.05, 0.1) is 12.3 Å². The molecule has 0 fully saturated rings. The zero-order valence-corrected chi connectivity index (χ0v) is 12.7. The summed E-state index contributed by atoms with van der Waals surface area (Å²) >= 11 is 3.66. The minimum atomic E-state index is 0.293. The van der Waals surface area contributed by atoms with Crippen LogP contribution in [0.15, 0.2) is 38.0 Å². The zero-order chi connectivity index (χ0) is 13.2. The third kappa shape index (κ3) is 2.62. The number of allylic oxidation sites excluding steroid dienone is 1. The highest BCUT2D eigenvalue weighted by molar-refractivity contribution is 8.04. The lowest BCUT2D eigenvalue weighted by Crippen LogP contribution is -2.39. The standard InChI is InChI=1S/C14H17N3S2/c1-9-10(2)19-14-12(9)13(16-8-17-14)15-6-5-11-4-3-7-18-11/h3-4,7-8,12,14H,5-6H2,1-2H3,(H,15,16,17). The van der Waals surface area contributed by atoms with E-state index in [-0.39, 0.29) is 0 Å². The summed E-state index contributed by atoms with van der Waals surface area (Å²) in [7, 11) is 0. The summed E-state index contributed by atoms with van der Waals surface area (Å²) in [5, 5.41) is 5.65. The first-order valence-corrected chi connectivity index (χ1v) is 8.20. The highest BCUT2D eigenvalue weighted by atomic mass is 32.2. The fraction of sp³-hybridized carbons (Fsp3) is 0.429. The van der Waals surface area contributed by atoms with Crippen molar-refractivity contribution >= 4 is 35.3 Å². The lowest BCUT2D eigenvalue weighted by molar-refractivity contribution is 0.734. The van der Waals surface area contributed by atoms with E-state index in [2.05, 4.69) is 41.7 Å². The van der Waals surface area contributed by atoms with Gasteiger partial charge in [-0.2, -0.15) is 0 Å². The Morgan fingerprint density at radius 1 is 1.42 bits per heavy atom. The second kappa shape index (κ2) is 5.51. The Balaban J connectivity index is 1.71. The topological polar surface area (TPSA) is 36.8 Å². The van der Waals surface area contributed by atoms with E-state index in [4.69, 9.17) is 4.99 Å². The molecule has 5 heteroatoms. The van der Waals surface area contributed by atoms with Gasteiger partial charge in [-0.05, 0) is 30.2 Å². The first kappa shape index (κ1) is 12.9. The van der Waals surface area contributed by atoms with Crippen molar-refractivity contribution in [2.75, 3.05) is 6.54 Å². The largest absolute Gasteiger partial charge is 0.335 e. The van der Waals surface area contributed by atoms with Gasteiger partial charge in [-0.1, -0.05) is 11.6 Å². The Labute approximate surface area is 121 Å². The van der Waals surface area contributed by atoms with E-state index in [1.807, 2.05) is 11.8 Å². The fourth-order valence-electron chi connectivity index (χ4n) is 2.38. The van der Waals surface area contributed by atoms with Crippen LogP contribution < -0.4 is 5.32 Å². The van der Waals surface area contributed by atoms with Crippen LogP contribution in [-0.4, -0.2) is 24.1 Å². The van der Waals surface area contributed by atoms with E-state index in [1.165, 1.54) is 15.4 Å². The normalized spacial score (nSPS) is 27.8. The van der Waals surface area contributed by atoms with Crippen molar-refractivity contribution in [2.24, 2.45) is 15.9 Å². The minimum absolute atomic E-state index is 0.293. The summed E-state index contributed by atoms with van der Waals surface area (Å²) in [5.41, 5.74) is 1.41. The van der Waals surface area contributed by atoms with Gasteiger partial charge in [0.2, 0.25) is 0 Å². The van der Waals surface area contributed by atoms with E-state index in [1.54, 1.807) is 17.7 Å². The predicted molar refractivity (Wildman–Crippen MR) is 85.2 cm³/mol. The van der Waals surface area contributed by atoms with Crippen molar-refractivity contribution in [3.63, 3.8) is 0 Å². The number of amidine groups is 1. The molecule has 0 saturated carbocycles. The number of hydrogen-bond donors (Lipinski definition) is 1. The Morgan fingerprint density at radius 2 is 2.32 bits per heavy atom. The third-order valence-electron chi connectivity index (χ3n) is 3.55. The van der Waals surface area contributed by atoms with Crippen molar-refractivity contribution < 1.29 is 0 Å². The molecule has 3 nitrogen and oxygen atoms in total. The van der Waals surface area contributed by atoms with Crippen LogP contribution in [0.4, 0.5) is 0 Å². The van der Waals surface area contributed by atoms with Crippen LogP contribution in [0, 0.1) is 5.92 Å². The predicted octanol–water partition coefficient (Wildman–Crippen LogP) is 3.30. The summed E-state index contributed by atoms with van der Waals surface area (Å²) < 4.78 is 0. The molecule has 3 heterocycles. The Kier molecular flexibility index (Phi) is 3.75. The Morgan fingerprint density at radius 3 is 3.11 bits per heavy atom. The van der Waals surface area contributed by atoms with Gasteiger partial charge in [-0.15, -0.1) is 23.1 Å². The summed E-state index contributed by atoms with van der Waals surface area (Å²) in [4.78, 5) is 12.1. The molecule has 2 atom stereocenters. The second-order valence-corrected chi connectivity index (χ2v) is 7.11. The van der Waals surface area contributed by atoms with Gasteiger partial charge in [0.1, 0.15) is 11.2 Å². The molecular formula is C14H17N3S2. The van der Waals surface area contributed by atoms with Crippen molar-refractivity contribution in [1.82, 2.24) is 5.32 Å². The number of nitrogens with one attached hydrogen (secondary N) is 1. The molecule has 2 aliphatic rings. The molecule has 0 saturated heterocycles. The van der Waals surface area contributed by atoms with E-state index in [0.717, 1.165) is 18.8 Å². The molecule has 1 aromatic rings. The molecule has 3 rings (SSSR count). The van der Waals surface area contributed by atoms with Gasteiger partial charge in [-0.25, -0.2) is 0 Å². The SMILES string of the molecule is CC1=C(C)C2C(=NCCc3cccs3)NC=NC2S1. The van der Waals surface area contributed by atoms with Crippen LogP contribution in [-0.2, 0) is 6.42 Å². The second-order valence-electron chi connectivity index (χ2n) is 4.74. The highest BCUT2D eigenvalue weighted by Crippen LogP contribution is 2.43. The number of rotatable bonds is 3. The molecule has 0 spiro atoms. The first-order valence-electron chi connectivity index (χ1n) is 6.44. The van der Waals surface area contributed by atoms with Gasteiger partial charge in [0.15, 0.2) is 0 Å².